The Hall–Kier alpha value is -1.80. The Morgan fingerprint density at radius 1 is 1.10 bits per heavy atom. The third-order valence-corrected chi connectivity index (χ3v) is 3.77. The lowest BCUT2D eigenvalue weighted by molar-refractivity contribution is 0.785. The van der Waals surface area contributed by atoms with Crippen molar-refractivity contribution in [1.29, 1.82) is 0 Å². The number of aliphatic imine (C=N–C) groups is 1. The number of para-hydroxylation sites is 1. The lowest BCUT2D eigenvalue weighted by Gasteiger charge is -2.14. The molecule has 2 rings (SSSR count). The maximum atomic E-state index is 6.12. The number of rotatable bonds is 5. The van der Waals surface area contributed by atoms with Crippen LogP contribution in [-0.4, -0.2) is 18.8 Å². The Morgan fingerprint density at radius 3 is 2.43 bits per heavy atom. The van der Waals surface area contributed by atoms with Crippen LogP contribution in [0.2, 0.25) is 5.02 Å². The van der Waals surface area contributed by atoms with Crippen LogP contribution in [0.4, 0.5) is 5.69 Å². The van der Waals surface area contributed by atoms with Gasteiger partial charge in [0.05, 0.1) is 6.04 Å². The first-order valence-electron chi connectivity index (χ1n) is 7.15. The van der Waals surface area contributed by atoms with E-state index in [2.05, 4.69) is 49.3 Å². The summed E-state index contributed by atoms with van der Waals surface area (Å²) in [5.41, 5.74) is 4.69. The molecule has 2 nitrogen and oxygen atoms in total. The molecule has 0 aliphatic carbocycles. The molecule has 2 aromatic carbocycles. The predicted molar refractivity (Wildman–Crippen MR) is 92.9 cm³/mol. The van der Waals surface area contributed by atoms with Crippen LogP contribution in [0.25, 0.3) is 0 Å². The van der Waals surface area contributed by atoms with Crippen molar-refractivity contribution in [2.75, 3.05) is 11.9 Å². The Balaban J connectivity index is 1.96. The number of anilines is 1. The summed E-state index contributed by atoms with van der Waals surface area (Å²) in [6.45, 7) is 7.13. The van der Waals surface area contributed by atoms with Gasteiger partial charge in [0.15, 0.2) is 0 Å². The lowest BCUT2D eigenvalue weighted by Crippen LogP contribution is -2.15. The van der Waals surface area contributed by atoms with E-state index in [-0.39, 0.29) is 6.04 Å². The van der Waals surface area contributed by atoms with Crippen molar-refractivity contribution < 1.29 is 0 Å². The van der Waals surface area contributed by atoms with Crippen molar-refractivity contribution in [1.82, 2.24) is 0 Å². The summed E-state index contributed by atoms with van der Waals surface area (Å²) >= 11 is 6.12. The van der Waals surface area contributed by atoms with Gasteiger partial charge < -0.3 is 5.32 Å². The van der Waals surface area contributed by atoms with E-state index in [1.807, 2.05) is 30.5 Å². The quantitative estimate of drug-likeness (QED) is 0.782. The van der Waals surface area contributed by atoms with Gasteiger partial charge in [-0.25, -0.2) is 0 Å². The first kappa shape index (κ1) is 15.6. The Bertz CT molecular complexity index is 615. The molecule has 1 N–H and O–H groups in total. The van der Waals surface area contributed by atoms with Crippen molar-refractivity contribution in [3.05, 3.63) is 64.2 Å². The van der Waals surface area contributed by atoms with Gasteiger partial charge in [0.1, 0.15) is 0 Å². The predicted octanol–water partition coefficient (Wildman–Crippen LogP) is 4.88. The first-order chi connectivity index (χ1) is 10.1. The van der Waals surface area contributed by atoms with Crippen molar-refractivity contribution in [2.45, 2.75) is 26.8 Å². The van der Waals surface area contributed by atoms with E-state index >= 15 is 0 Å². The number of aryl methyl sites for hydroxylation is 2. The van der Waals surface area contributed by atoms with Crippen LogP contribution in [0, 0.1) is 13.8 Å². The van der Waals surface area contributed by atoms with Gasteiger partial charge in [-0.3, -0.25) is 4.99 Å². The molecular formula is C18H21ClN2. The zero-order valence-electron chi connectivity index (χ0n) is 12.7. The van der Waals surface area contributed by atoms with Crippen molar-refractivity contribution in [2.24, 2.45) is 4.99 Å². The molecule has 0 aromatic heterocycles. The van der Waals surface area contributed by atoms with E-state index < -0.39 is 0 Å². The summed E-state index contributed by atoms with van der Waals surface area (Å²) in [7, 11) is 0. The third-order valence-electron chi connectivity index (χ3n) is 3.43. The average molecular weight is 301 g/mol. The lowest BCUT2D eigenvalue weighted by atomic mass is 10.1. The minimum absolute atomic E-state index is 0.181. The highest BCUT2D eigenvalue weighted by Crippen LogP contribution is 2.19. The Kier molecular flexibility index (Phi) is 5.40. The van der Waals surface area contributed by atoms with E-state index in [9.17, 15) is 0 Å². The molecule has 0 radical (unpaired) electrons. The molecule has 1 unspecified atom stereocenters. The molecule has 0 saturated heterocycles. The maximum Gasteiger partial charge on any atom is 0.0644 e. The van der Waals surface area contributed by atoms with Crippen LogP contribution < -0.4 is 5.32 Å². The van der Waals surface area contributed by atoms with Gasteiger partial charge in [-0.2, -0.15) is 0 Å². The fraction of sp³-hybridized carbons (Fsp3) is 0.278. The second kappa shape index (κ2) is 7.28. The fourth-order valence-electron chi connectivity index (χ4n) is 2.18. The average Bonchev–Trinajstić information content (AvgIpc) is 2.46. The summed E-state index contributed by atoms with van der Waals surface area (Å²) in [5.74, 6) is 0. The standard InChI is InChI=1S/C18H21ClN2/c1-13-7-6-8-14(2)18(13)21-11-15(3)20-12-16-9-4-5-10-17(16)19/h4-10,12,15,21H,11H2,1-3H3/b20-12+. The van der Waals surface area contributed by atoms with Crippen molar-refractivity contribution in [3.63, 3.8) is 0 Å². The Morgan fingerprint density at radius 2 is 1.76 bits per heavy atom. The number of nitrogens with one attached hydrogen (secondary N) is 1. The van der Waals surface area contributed by atoms with Gasteiger partial charge in [-0.05, 0) is 38.0 Å². The highest BCUT2D eigenvalue weighted by molar-refractivity contribution is 6.33. The number of hydrogen-bond acceptors (Lipinski definition) is 2. The van der Waals surface area contributed by atoms with E-state index in [4.69, 9.17) is 11.6 Å². The van der Waals surface area contributed by atoms with Crippen LogP contribution in [-0.2, 0) is 0 Å². The molecule has 0 saturated carbocycles. The topological polar surface area (TPSA) is 24.4 Å². The number of benzene rings is 2. The van der Waals surface area contributed by atoms with E-state index in [1.54, 1.807) is 0 Å². The monoisotopic (exact) mass is 300 g/mol. The molecule has 0 aliphatic rings. The van der Waals surface area contributed by atoms with Gasteiger partial charge in [0.2, 0.25) is 0 Å². The largest absolute Gasteiger partial charge is 0.382 e. The zero-order chi connectivity index (χ0) is 15.2. The number of halogens is 1. The van der Waals surface area contributed by atoms with Crippen molar-refractivity contribution in [3.8, 4) is 0 Å². The van der Waals surface area contributed by atoms with Gasteiger partial charge in [0.25, 0.3) is 0 Å². The third kappa shape index (κ3) is 4.33. The summed E-state index contributed by atoms with van der Waals surface area (Å²) in [5, 5.41) is 4.22. The Labute approximate surface area is 131 Å². The van der Waals surface area contributed by atoms with E-state index in [0.717, 1.165) is 17.1 Å². The smallest absolute Gasteiger partial charge is 0.0644 e. The van der Waals surface area contributed by atoms with Gasteiger partial charge >= 0.3 is 0 Å². The summed E-state index contributed by atoms with van der Waals surface area (Å²) in [6, 6.07) is 14.2. The van der Waals surface area contributed by atoms with Crippen molar-refractivity contribution >= 4 is 23.5 Å². The van der Waals surface area contributed by atoms with Gasteiger partial charge in [-0.15, -0.1) is 0 Å². The summed E-state index contributed by atoms with van der Waals surface area (Å²) < 4.78 is 0. The van der Waals surface area contributed by atoms with E-state index in [1.165, 1.54) is 16.8 Å². The molecule has 0 spiro atoms. The normalized spacial score (nSPS) is 12.6. The summed E-state index contributed by atoms with van der Waals surface area (Å²) in [6.07, 6.45) is 1.85. The van der Waals surface area contributed by atoms with Gasteiger partial charge in [0, 0.05) is 29.0 Å². The van der Waals surface area contributed by atoms with Crippen LogP contribution >= 0.6 is 11.6 Å². The molecular weight excluding hydrogens is 280 g/mol. The molecule has 3 heteroatoms. The molecule has 21 heavy (non-hydrogen) atoms. The summed E-state index contributed by atoms with van der Waals surface area (Å²) in [4.78, 5) is 4.56. The van der Waals surface area contributed by atoms with Crippen LogP contribution in [0.1, 0.15) is 23.6 Å². The second-order valence-electron chi connectivity index (χ2n) is 5.30. The molecule has 0 fully saturated rings. The highest BCUT2D eigenvalue weighted by Gasteiger charge is 2.04. The van der Waals surface area contributed by atoms with Crippen LogP contribution in [0.3, 0.4) is 0 Å². The fourth-order valence-corrected chi connectivity index (χ4v) is 2.37. The van der Waals surface area contributed by atoms with E-state index in [0.29, 0.717) is 0 Å². The molecule has 0 aliphatic heterocycles. The molecule has 0 bridgehead atoms. The highest BCUT2D eigenvalue weighted by atomic mass is 35.5. The molecule has 1 atom stereocenters. The van der Waals surface area contributed by atoms with Gasteiger partial charge in [-0.1, -0.05) is 48.0 Å². The first-order valence-corrected chi connectivity index (χ1v) is 7.53. The maximum absolute atomic E-state index is 6.12. The molecule has 0 heterocycles. The molecule has 0 amide bonds. The second-order valence-corrected chi connectivity index (χ2v) is 5.70. The van der Waals surface area contributed by atoms with Crippen LogP contribution in [0.5, 0.6) is 0 Å². The molecule has 110 valence electrons. The number of hydrogen-bond donors (Lipinski definition) is 1. The zero-order valence-corrected chi connectivity index (χ0v) is 13.5. The number of nitrogens with zero attached hydrogens (tertiary/aromatic N) is 1. The van der Waals surface area contributed by atoms with Crippen LogP contribution in [0.15, 0.2) is 47.5 Å². The minimum Gasteiger partial charge on any atom is -0.382 e. The molecule has 2 aromatic rings. The minimum atomic E-state index is 0.181. The SMILES string of the molecule is Cc1cccc(C)c1NCC(C)/N=C/c1ccccc1Cl.